The van der Waals surface area contributed by atoms with Crippen LogP contribution in [0.1, 0.15) is 35.0 Å². The summed E-state index contributed by atoms with van der Waals surface area (Å²) in [5.41, 5.74) is 1.33. The molecule has 94 valence electrons. The fraction of sp³-hybridized carbons (Fsp3) is 0.615. The number of carbonyl (C=O) groups excluding carboxylic acids is 1. The Labute approximate surface area is 107 Å². The summed E-state index contributed by atoms with van der Waals surface area (Å²) in [7, 11) is 0. The number of carbonyl (C=O) groups is 1. The van der Waals surface area contributed by atoms with E-state index in [9.17, 15) is 4.79 Å². The Bertz CT molecular complexity index is 394. The Kier molecular flexibility index (Phi) is 3.84. The van der Waals surface area contributed by atoms with Crippen molar-refractivity contribution < 1.29 is 4.79 Å². The number of aryl methyl sites for hydroxylation is 1. The first-order chi connectivity index (χ1) is 8.11. The van der Waals surface area contributed by atoms with Crippen LogP contribution in [0, 0.1) is 12.3 Å². The second-order valence-electron chi connectivity index (χ2n) is 5.18. The normalized spacial score (nSPS) is 18.9. The van der Waals surface area contributed by atoms with Crippen LogP contribution < -0.4 is 10.6 Å². The van der Waals surface area contributed by atoms with Gasteiger partial charge in [0.25, 0.3) is 5.91 Å². The molecule has 0 spiro atoms. The van der Waals surface area contributed by atoms with Crippen LogP contribution in [0.3, 0.4) is 0 Å². The van der Waals surface area contributed by atoms with Gasteiger partial charge < -0.3 is 10.6 Å². The molecular weight excluding hydrogens is 232 g/mol. The standard InChI is InChI=1S/C13H20N2OS/c1-10-3-8-17-11(10)12(16)15-9-13(2)4-6-14-7-5-13/h3,8,14H,4-7,9H2,1-2H3,(H,15,16). The fourth-order valence-electron chi connectivity index (χ4n) is 2.19. The number of hydrogen-bond acceptors (Lipinski definition) is 3. The van der Waals surface area contributed by atoms with Crippen LogP contribution in [0.15, 0.2) is 11.4 Å². The third-order valence-corrected chi connectivity index (χ3v) is 4.57. The van der Waals surface area contributed by atoms with Crippen molar-refractivity contribution >= 4 is 17.2 Å². The maximum absolute atomic E-state index is 12.0. The lowest BCUT2D eigenvalue weighted by Crippen LogP contribution is -2.42. The monoisotopic (exact) mass is 252 g/mol. The zero-order valence-electron chi connectivity index (χ0n) is 10.5. The van der Waals surface area contributed by atoms with Gasteiger partial charge in [-0.25, -0.2) is 0 Å². The minimum Gasteiger partial charge on any atom is -0.351 e. The van der Waals surface area contributed by atoms with Gasteiger partial charge in [0, 0.05) is 6.54 Å². The van der Waals surface area contributed by atoms with Gasteiger partial charge in [-0.05, 0) is 55.3 Å². The van der Waals surface area contributed by atoms with Crippen molar-refractivity contribution in [3.05, 3.63) is 21.9 Å². The van der Waals surface area contributed by atoms with Gasteiger partial charge in [0.1, 0.15) is 0 Å². The molecular formula is C13H20N2OS. The molecule has 0 radical (unpaired) electrons. The van der Waals surface area contributed by atoms with Crippen molar-refractivity contribution in [3.63, 3.8) is 0 Å². The van der Waals surface area contributed by atoms with Gasteiger partial charge in [0.15, 0.2) is 0 Å². The fourth-order valence-corrected chi connectivity index (χ4v) is 3.03. The zero-order chi connectivity index (χ0) is 12.3. The topological polar surface area (TPSA) is 41.1 Å². The summed E-state index contributed by atoms with van der Waals surface area (Å²) in [6, 6.07) is 1.99. The maximum Gasteiger partial charge on any atom is 0.261 e. The van der Waals surface area contributed by atoms with Gasteiger partial charge in [-0.2, -0.15) is 0 Å². The van der Waals surface area contributed by atoms with E-state index in [1.54, 1.807) is 0 Å². The summed E-state index contributed by atoms with van der Waals surface area (Å²) in [6.45, 7) is 7.15. The van der Waals surface area contributed by atoms with Crippen molar-refractivity contribution in [2.45, 2.75) is 26.7 Å². The van der Waals surface area contributed by atoms with Gasteiger partial charge >= 0.3 is 0 Å². The van der Waals surface area contributed by atoms with Crippen molar-refractivity contribution in [3.8, 4) is 0 Å². The largest absolute Gasteiger partial charge is 0.351 e. The van der Waals surface area contributed by atoms with Crippen LogP contribution in [-0.2, 0) is 0 Å². The van der Waals surface area contributed by atoms with E-state index >= 15 is 0 Å². The van der Waals surface area contributed by atoms with E-state index in [0.29, 0.717) is 0 Å². The van der Waals surface area contributed by atoms with Gasteiger partial charge in [-0.15, -0.1) is 11.3 Å². The molecule has 2 rings (SSSR count). The molecule has 2 heterocycles. The molecule has 0 aromatic carbocycles. The molecule has 4 heteroatoms. The molecule has 1 amide bonds. The van der Waals surface area contributed by atoms with E-state index in [-0.39, 0.29) is 11.3 Å². The summed E-state index contributed by atoms with van der Waals surface area (Å²) < 4.78 is 0. The van der Waals surface area contributed by atoms with E-state index in [1.807, 2.05) is 18.4 Å². The zero-order valence-corrected chi connectivity index (χ0v) is 11.3. The van der Waals surface area contributed by atoms with Crippen molar-refractivity contribution in [2.75, 3.05) is 19.6 Å². The lowest BCUT2D eigenvalue weighted by Gasteiger charge is -2.34. The minimum atomic E-state index is 0.0808. The first-order valence-electron chi connectivity index (χ1n) is 6.14. The molecule has 0 saturated carbocycles. The van der Waals surface area contributed by atoms with Gasteiger partial charge in [-0.3, -0.25) is 4.79 Å². The highest BCUT2D eigenvalue weighted by Crippen LogP contribution is 2.27. The highest BCUT2D eigenvalue weighted by Gasteiger charge is 2.27. The first kappa shape index (κ1) is 12.6. The SMILES string of the molecule is Cc1ccsc1C(=O)NCC1(C)CCNCC1. The van der Waals surface area contributed by atoms with Crippen LogP contribution in [0.4, 0.5) is 0 Å². The molecule has 17 heavy (non-hydrogen) atoms. The van der Waals surface area contributed by atoms with E-state index < -0.39 is 0 Å². The summed E-state index contributed by atoms with van der Waals surface area (Å²) in [5, 5.41) is 8.40. The molecule has 0 aliphatic carbocycles. The Morgan fingerprint density at radius 2 is 2.24 bits per heavy atom. The number of amides is 1. The number of hydrogen-bond donors (Lipinski definition) is 2. The summed E-state index contributed by atoms with van der Waals surface area (Å²) in [6.07, 6.45) is 2.27. The molecule has 0 atom stereocenters. The smallest absolute Gasteiger partial charge is 0.261 e. The predicted octanol–water partition coefficient (Wildman–Crippen LogP) is 2.18. The molecule has 1 aromatic heterocycles. The van der Waals surface area contributed by atoms with Crippen molar-refractivity contribution in [1.82, 2.24) is 10.6 Å². The van der Waals surface area contributed by atoms with Gasteiger partial charge in [0.05, 0.1) is 4.88 Å². The maximum atomic E-state index is 12.0. The number of thiophene rings is 1. The van der Waals surface area contributed by atoms with Gasteiger partial charge in [-0.1, -0.05) is 6.92 Å². The highest BCUT2D eigenvalue weighted by molar-refractivity contribution is 7.12. The molecule has 1 aliphatic heterocycles. The van der Waals surface area contributed by atoms with Crippen molar-refractivity contribution in [2.24, 2.45) is 5.41 Å². The minimum absolute atomic E-state index is 0.0808. The molecule has 3 nitrogen and oxygen atoms in total. The Hall–Kier alpha value is -0.870. The van der Waals surface area contributed by atoms with Gasteiger partial charge in [0.2, 0.25) is 0 Å². The molecule has 1 aliphatic rings. The number of piperidine rings is 1. The van der Waals surface area contributed by atoms with Crippen LogP contribution in [-0.4, -0.2) is 25.5 Å². The Balaban J connectivity index is 1.90. The molecule has 1 saturated heterocycles. The third kappa shape index (κ3) is 3.07. The first-order valence-corrected chi connectivity index (χ1v) is 7.02. The molecule has 2 N–H and O–H groups in total. The molecule has 0 unspecified atom stereocenters. The van der Waals surface area contributed by atoms with Crippen LogP contribution in [0.5, 0.6) is 0 Å². The lowest BCUT2D eigenvalue weighted by molar-refractivity contribution is 0.0926. The van der Waals surface area contributed by atoms with Crippen LogP contribution in [0.25, 0.3) is 0 Å². The second-order valence-corrected chi connectivity index (χ2v) is 6.09. The summed E-state index contributed by atoms with van der Waals surface area (Å²) in [5.74, 6) is 0.0808. The summed E-state index contributed by atoms with van der Waals surface area (Å²) in [4.78, 5) is 12.8. The van der Waals surface area contributed by atoms with E-state index in [1.165, 1.54) is 11.3 Å². The molecule has 1 aromatic rings. The highest BCUT2D eigenvalue weighted by atomic mass is 32.1. The number of nitrogens with one attached hydrogen (secondary N) is 2. The second kappa shape index (κ2) is 5.19. The third-order valence-electron chi connectivity index (χ3n) is 3.55. The average Bonchev–Trinajstić information content (AvgIpc) is 2.74. The van der Waals surface area contributed by atoms with Crippen LogP contribution in [0.2, 0.25) is 0 Å². The molecule has 1 fully saturated rings. The number of rotatable bonds is 3. The summed E-state index contributed by atoms with van der Waals surface area (Å²) >= 11 is 1.52. The Morgan fingerprint density at radius 1 is 1.53 bits per heavy atom. The predicted molar refractivity (Wildman–Crippen MR) is 71.6 cm³/mol. The average molecular weight is 252 g/mol. The van der Waals surface area contributed by atoms with E-state index in [4.69, 9.17) is 0 Å². The quantitative estimate of drug-likeness (QED) is 0.865. The molecule has 0 bridgehead atoms. The van der Waals surface area contributed by atoms with E-state index in [2.05, 4.69) is 17.6 Å². The lowest BCUT2D eigenvalue weighted by atomic mass is 9.81. The Morgan fingerprint density at radius 3 is 2.82 bits per heavy atom. The van der Waals surface area contributed by atoms with Crippen LogP contribution >= 0.6 is 11.3 Å². The van der Waals surface area contributed by atoms with Crippen molar-refractivity contribution in [1.29, 1.82) is 0 Å². The van der Waals surface area contributed by atoms with E-state index in [0.717, 1.165) is 42.9 Å².